The summed E-state index contributed by atoms with van der Waals surface area (Å²) in [6.07, 6.45) is 2.74. The van der Waals surface area contributed by atoms with Crippen LogP contribution in [0.4, 0.5) is 0 Å². The Morgan fingerprint density at radius 2 is 0.587 bits per heavy atom. The molecule has 0 atom stereocenters. The van der Waals surface area contributed by atoms with E-state index in [-0.39, 0.29) is 13.2 Å². The number of ether oxygens (including phenoxy) is 4. The molecule has 2 N–H and O–H groups in total. The fourth-order valence-corrected chi connectivity index (χ4v) is 9.38. The number of benzene rings is 6. The van der Waals surface area contributed by atoms with Crippen molar-refractivity contribution in [2.24, 2.45) is 0 Å². The van der Waals surface area contributed by atoms with Gasteiger partial charge in [0.15, 0.2) is 0 Å². The molecule has 0 bridgehead atoms. The Hall–Kier alpha value is -5.56. The SMILES string of the molecule is COc1cc(C)c(Cc2cc(C(C)(C)c3cc(Cc4cc(C)c(CO)cc4C)c(OC)c(Cc4cc(C)c(OC)cc4C)c3)cc(Cc3cc(C)c(CO)cc3C)c2OC)cc1C. The Bertz CT molecular complexity index is 2300. The molecular weight excluding hydrogens is 781 g/mol. The molecule has 6 aromatic carbocycles. The van der Waals surface area contributed by atoms with Crippen LogP contribution >= 0.6 is 0 Å². The zero-order chi connectivity index (χ0) is 45.9. The molecule has 0 aliphatic carbocycles. The van der Waals surface area contributed by atoms with Crippen LogP contribution in [0.5, 0.6) is 23.0 Å². The fraction of sp³-hybridized carbons (Fsp3) is 0.368. The number of hydrogen-bond acceptors (Lipinski definition) is 6. The number of aliphatic hydroxyl groups is 2. The van der Waals surface area contributed by atoms with E-state index in [9.17, 15) is 10.2 Å². The highest BCUT2D eigenvalue weighted by Crippen LogP contribution is 2.42. The van der Waals surface area contributed by atoms with Crippen LogP contribution in [0, 0.1) is 55.4 Å². The summed E-state index contributed by atoms with van der Waals surface area (Å²) in [6.45, 7) is 21.6. The standard InChI is InChI=1S/C57H68O6/c1-33-17-49(31-58)35(3)15-41(33)23-45-27-51(29-47(55(45)62-13)25-43-19-39(7)53(60-11)21-37(43)5)57(9,10)52-28-46(24-42-16-36(4)50(32-59)18-34(42)2)56(63-14)48(30-52)26-44-20-40(8)54(61-12)22-38(44)6/h15-22,27-30,58-59H,23-26,31-32H2,1-14H3. The summed E-state index contributed by atoms with van der Waals surface area (Å²) in [5, 5.41) is 20.1. The molecule has 0 heterocycles. The van der Waals surface area contributed by atoms with Gasteiger partial charge in [-0.2, -0.15) is 0 Å². The Labute approximate surface area is 376 Å². The van der Waals surface area contributed by atoms with Crippen LogP contribution in [0.3, 0.4) is 0 Å². The minimum atomic E-state index is -0.460. The van der Waals surface area contributed by atoms with Gasteiger partial charge in [-0.15, -0.1) is 0 Å². The average molecular weight is 849 g/mol. The molecule has 0 unspecified atom stereocenters. The normalized spacial score (nSPS) is 11.6. The third-order valence-electron chi connectivity index (χ3n) is 13.5. The highest BCUT2D eigenvalue weighted by molar-refractivity contribution is 5.58. The zero-order valence-corrected chi connectivity index (χ0v) is 40.2. The van der Waals surface area contributed by atoms with Crippen molar-refractivity contribution < 1.29 is 29.2 Å². The molecule has 6 rings (SSSR count). The molecule has 0 fully saturated rings. The predicted octanol–water partition coefficient (Wildman–Crippen LogP) is 11.9. The van der Waals surface area contributed by atoms with Gasteiger partial charge in [0.05, 0.1) is 41.7 Å². The van der Waals surface area contributed by atoms with Gasteiger partial charge in [-0.05, 0) is 179 Å². The number of aryl methyl sites for hydroxylation is 8. The molecule has 0 aliphatic rings. The highest BCUT2D eigenvalue weighted by atomic mass is 16.5. The van der Waals surface area contributed by atoms with E-state index >= 15 is 0 Å². The first-order valence-electron chi connectivity index (χ1n) is 22.0. The minimum Gasteiger partial charge on any atom is -0.496 e. The second-order valence-electron chi connectivity index (χ2n) is 18.2. The van der Waals surface area contributed by atoms with Crippen molar-refractivity contribution in [3.05, 3.63) is 184 Å². The third kappa shape index (κ3) is 9.83. The molecule has 6 aromatic rings. The molecule has 63 heavy (non-hydrogen) atoms. The Morgan fingerprint density at radius 3 is 0.857 bits per heavy atom. The molecule has 0 saturated heterocycles. The van der Waals surface area contributed by atoms with E-state index in [1.807, 2.05) is 0 Å². The van der Waals surface area contributed by atoms with Crippen molar-refractivity contribution in [1.82, 2.24) is 0 Å². The summed E-state index contributed by atoms with van der Waals surface area (Å²) in [4.78, 5) is 0. The Balaban J connectivity index is 1.59. The maximum Gasteiger partial charge on any atom is 0.125 e. The second-order valence-corrected chi connectivity index (χ2v) is 18.2. The van der Waals surface area contributed by atoms with E-state index in [1.54, 1.807) is 28.4 Å². The van der Waals surface area contributed by atoms with Gasteiger partial charge in [-0.25, -0.2) is 0 Å². The quantitative estimate of drug-likeness (QED) is 0.101. The molecule has 0 amide bonds. The van der Waals surface area contributed by atoms with Crippen LogP contribution in [-0.2, 0) is 44.3 Å². The van der Waals surface area contributed by atoms with Crippen molar-refractivity contribution in [3.63, 3.8) is 0 Å². The molecular formula is C57H68O6. The lowest BCUT2D eigenvalue weighted by atomic mass is 9.74. The largest absolute Gasteiger partial charge is 0.496 e. The molecule has 0 aromatic heterocycles. The van der Waals surface area contributed by atoms with Gasteiger partial charge in [-0.3, -0.25) is 0 Å². The summed E-state index contributed by atoms with van der Waals surface area (Å²) in [5.74, 6) is 3.56. The molecule has 6 heteroatoms. The Kier molecular flexibility index (Phi) is 14.5. The van der Waals surface area contributed by atoms with E-state index in [0.717, 1.165) is 89.8 Å². The van der Waals surface area contributed by atoms with Crippen molar-refractivity contribution >= 4 is 0 Å². The van der Waals surface area contributed by atoms with Crippen LogP contribution in [-0.4, -0.2) is 38.7 Å². The van der Waals surface area contributed by atoms with Gasteiger partial charge in [0.2, 0.25) is 0 Å². The van der Waals surface area contributed by atoms with Gasteiger partial charge in [-0.1, -0.05) is 74.5 Å². The Morgan fingerprint density at radius 1 is 0.333 bits per heavy atom. The van der Waals surface area contributed by atoms with Gasteiger partial charge >= 0.3 is 0 Å². The lowest BCUT2D eigenvalue weighted by molar-refractivity contribution is 0.280. The van der Waals surface area contributed by atoms with Crippen LogP contribution < -0.4 is 18.9 Å². The van der Waals surface area contributed by atoms with E-state index in [0.29, 0.717) is 25.7 Å². The number of aliphatic hydroxyl groups excluding tert-OH is 2. The van der Waals surface area contributed by atoms with Crippen molar-refractivity contribution in [3.8, 4) is 23.0 Å². The first kappa shape index (κ1) is 46.9. The number of methoxy groups -OCH3 is 4. The summed E-state index contributed by atoms with van der Waals surface area (Å²) in [6, 6.07) is 26.8. The average Bonchev–Trinajstić information content (AvgIpc) is 3.25. The van der Waals surface area contributed by atoms with E-state index in [2.05, 4.69) is 142 Å². The number of hydrogen-bond donors (Lipinski definition) is 2. The first-order valence-corrected chi connectivity index (χ1v) is 22.0. The van der Waals surface area contributed by atoms with Crippen LogP contribution in [0.15, 0.2) is 72.8 Å². The molecule has 0 saturated carbocycles. The van der Waals surface area contributed by atoms with Crippen molar-refractivity contribution in [1.29, 1.82) is 0 Å². The van der Waals surface area contributed by atoms with E-state index in [1.165, 1.54) is 44.5 Å². The van der Waals surface area contributed by atoms with Crippen molar-refractivity contribution in [2.75, 3.05) is 28.4 Å². The van der Waals surface area contributed by atoms with Gasteiger partial charge in [0.25, 0.3) is 0 Å². The van der Waals surface area contributed by atoms with Gasteiger partial charge in [0.1, 0.15) is 23.0 Å². The summed E-state index contributed by atoms with van der Waals surface area (Å²) in [7, 11) is 7.02. The molecule has 0 spiro atoms. The van der Waals surface area contributed by atoms with E-state index in [4.69, 9.17) is 18.9 Å². The van der Waals surface area contributed by atoms with E-state index < -0.39 is 5.41 Å². The smallest absolute Gasteiger partial charge is 0.125 e. The summed E-state index contributed by atoms with van der Waals surface area (Å²) in [5.41, 5.74) is 22.2. The maximum atomic E-state index is 10.1. The lowest BCUT2D eigenvalue weighted by Crippen LogP contribution is -2.21. The predicted molar refractivity (Wildman–Crippen MR) is 258 cm³/mol. The molecule has 0 radical (unpaired) electrons. The van der Waals surface area contributed by atoms with Crippen LogP contribution in [0.25, 0.3) is 0 Å². The second kappa shape index (κ2) is 19.5. The van der Waals surface area contributed by atoms with Crippen molar-refractivity contribution in [2.45, 2.75) is 114 Å². The molecule has 6 nitrogen and oxygen atoms in total. The third-order valence-corrected chi connectivity index (χ3v) is 13.5. The highest BCUT2D eigenvalue weighted by Gasteiger charge is 2.29. The van der Waals surface area contributed by atoms with Gasteiger partial charge in [0, 0.05) is 31.1 Å². The topological polar surface area (TPSA) is 77.4 Å². The molecule has 332 valence electrons. The molecule has 0 aliphatic heterocycles. The van der Waals surface area contributed by atoms with Gasteiger partial charge < -0.3 is 29.2 Å². The maximum absolute atomic E-state index is 10.1. The summed E-state index contributed by atoms with van der Waals surface area (Å²) < 4.78 is 24.2. The minimum absolute atomic E-state index is 0.0152. The number of rotatable bonds is 16. The van der Waals surface area contributed by atoms with Crippen LogP contribution in [0.1, 0.15) is 125 Å². The lowest BCUT2D eigenvalue weighted by Gasteiger charge is -2.31. The summed E-state index contributed by atoms with van der Waals surface area (Å²) >= 11 is 0. The zero-order valence-electron chi connectivity index (χ0n) is 40.2. The fourth-order valence-electron chi connectivity index (χ4n) is 9.38. The monoisotopic (exact) mass is 849 g/mol. The van der Waals surface area contributed by atoms with Crippen LogP contribution in [0.2, 0.25) is 0 Å². The first-order chi connectivity index (χ1) is 30.0.